The molecule has 6 heteroatoms. The van der Waals surface area contributed by atoms with E-state index >= 15 is 0 Å². The third-order valence-corrected chi connectivity index (χ3v) is 4.42. The Morgan fingerprint density at radius 3 is 2.64 bits per heavy atom. The Kier molecular flexibility index (Phi) is 5.97. The molecule has 1 rings (SSSR count). The van der Waals surface area contributed by atoms with E-state index in [4.69, 9.17) is 5.73 Å². The summed E-state index contributed by atoms with van der Waals surface area (Å²) in [6.45, 7) is 3.57. The third-order valence-electron chi connectivity index (χ3n) is 2.57. The van der Waals surface area contributed by atoms with Crippen molar-refractivity contribution in [1.82, 2.24) is 4.31 Å². The largest absolute Gasteiger partial charge is 0.330 e. The van der Waals surface area contributed by atoms with Gasteiger partial charge in [-0.25, -0.2) is 12.7 Å². The summed E-state index contributed by atoms with van der Waals surface area (Å²) in [5.74, 6) is 0.555. The first-order valence-electron chi connectivity index (χ1n) is 4.78. The quantitative estimate of drug-likeness (QED) is 0.781. The van der Waals surface area contributed by atoms with Crippen LogP contribution in [-0.2, 0) is 10.0 Å². The predicted molar refractivity (Wildman–Crippen MR) is 60.1 cm³/mol. The lowest BCUT2D eigenvalue weighted by Gasteiger charge is -2.30. The molecule has 1 heterocycles. The van der Waals surface area contributed by atoms with Gasteiger partial charge in [0.1, 0.15) is 0 Å². The molecule has 14 heavy (non-hydrogen) atoms. The van der Waals surface area contributed by atoms with Crippen molar-refractivity contribution < 1.29 is 8.42 Å². The van der Waals surface area contributed by atoms with Gasteiger partial charge in [-0.1, -0.05) is 0 Å². The summed E-state index contributed by atoms with van der Waals surface area (Å²) in [6, 6.07) is 0. The molecule has 0 spiro atoms. The predicted octanol–water partition coefficient (Wildman–Crippen LogP) is 0.429. The number of sulfonamides is 1. The van der Waals surface area contributed by atoms with Gasteiger partial charge in [0.2, 0.25) is 10.0 Å². The maximum Gasteiger partial charge on any atom is 0.213 e. The average Bonchev–Trinajstić information content (AvgIpc) is 2.18. The zero-order valence-electron chi connectivity index (χ0n) is 8.48. The van der Waals surface area contributed by atoms with Crippen LogP contribution in [0, 0.1) is 5.92 Å². The molecule has 1 aliphatic rings. The molecule has 0 aliphatic carbocycles. The van der Waals surface area contributed by atoms with Crippen molar-refractivity contribution in [3.05, 3.63) is 0 Å². The fourth-order valence-corrected chi connectivity index (χ4v) is 2.86. The molecule has 1 atom stereocenters. The Balaban J connectivity index is 0.00000169. The molecule has 1 aliphatic heterocycles. The van der Waals surface area contributed by atoms with E-state index in [1.165, 1.54) is 0 Å². The summed E-state index contributed by atoms with van der Waals surface area (Å²) in [5.41, 5.74) is 5.53. The van der Waals surface area contributed by atoms with Crippen LogP contribution in [0.15, 0.2) is 0 Å². The Hall–Kier alpha value is 0.160. The summed E-state index contributed by atoms with van der Waals surface area (Å²) < 4.78 is 24.6. The minimum absolute atomic E-state index is 0. The molecular formula is C8H19ClN2O2S. The molecule has 1 saturated heterocycles. The van der Waals surface area contributed by atoms with Gasteiger partial charge in [0.15, 0.2) is 0 Å². The third kappa shape index (κ3) is 3.38. The molecule has 0 amide bonds. The van der Waals surface area contributed by atoms with Crippen LogP contribution in [0.2, 0.25) is 0 Å². The monoisotopic (exact) mass is 242 g/mol. The number of hydrogen-bond donors (Lipinski definition) is 1. The minimum atomic E-state index is -2.99. The molecule has 0 saturated carbocycles. The van der Waals surface area contributed by atoms with Crippen LogP contribution in [0.25, 0.3) is 0 Å². The number of piperidine rings is 1. The topological polar surface area (TPSA) is 63.4 Å². The summed E-state index contributed by atoms with van der Waals surface area (Å²) in [4.78, 5) is 0. The normalized spacial score (nSPS) is 24.3. The van der Waals surface area contributed by atoms with Crippen molar-refractivity contribution in [3.63, 3.8) is 0 Å². The second-order valence-corrected chi connectivity index (χ2v) is 5.76. The lowest BCUT2D eigenvalue weighted by atomic mass is 10.0. The molecule has 1 fully saturated rings. The van der Waals surface area contributed by atoms with Gasteiger partial charge in [-0.15, -0.1) is 12.4 Å². The lowest BCUT2D eigenvalue weighted by Crippen LogP contribution is -2.42. The zero-order valence-corrected chi connectivity index (χ0v) is 10.1. The van der Waals surface area contributed by atoms with E-state index in [1.54, 1.807) is 11.2 Å². The molecule has 1 unspecified atom stereocenters. The van der Waals surface area contributed by atoms with Crippen molar-refractivity contribution >= 4 is 22.4 Å². The maximum atomic E-state index is 11.5. The van der Waals surface area contributed by atoms with Gasteiger partial charge < -0.3 is 5.73 Å². The molecule has 0 aromatic heterocycles. The van der Waals surface area contributed by atoms with Crippen molar-refractivity contribution in [2.45, 2.75) is 19.8 Å². The maximum absolute atomic E-state index is 11.5. The van der Waals surface area contributed by atoms with E-state index < -0.39 is 10.0 Å². The van der Waals surface area contributed by atoms with Gasteiger partial charge in [0.05, 0.1) is 5.75 Å². The number of nitrogens with two attached hydrogens (primary N) is 1. The van der Waals surface area contributed by atoms with Crippen LogP contribution in [-0.4, -0.2) is 38.1 Å². The van der Waals surface area contributed by atoms with Gasteiger partial charge in [0, 0.05) is 13.1 Å². The van der Waals surface area contributed by atoms with E-state index in [9.17, 15) is 8.42 Å². The van der Waals surface area contributed by atoms with Crippen LogP contribution < -0.4 is 5.73 Å². The Labute approximate surface area is 92.3 Å². The molecular weight excluding hydrogens is 224 g/mol. The number of nitrogens with zero attached hydrogens (tertiary/aromatic N) is 1. The highest BCUT2D eigenvalue weighted by molar-refractivity contribution is 7.89. The Morgan fingerprint density at radius 1 is 1.50 bits per heavy atom. The summed E-state index contributed by atoms with van der Waals surface area (Å²) in [6.07, 6.45) is 2.01. The van der Waals surface area contributed by atoms with Gasteiger partial charge in [-0.2, -0.15) is 0 Å². The van der Waals surface area contributed by atoms with E-state index in [2.05, 4.69) is 0 Å². The van der Waals surface area contributed by atoms with Gasteiger partial charge >= 0.3 is 0 Å². The molecule has 0 radical (unpaired) electrons. The second kappa shape index (κ2) is 5.90. The van der Waals surface area contributed by atoms with Crippen molar-refractivity contribution in [1.29, 1.82) is 0 Å². The van der Waals surface area contributed by atoms with Crippen molar-refractivity contribution in [3.8, 4) is 0 Å². The van der Waals surface area contributed by atoms with E-state index in [0.29, 0.717) is 25.6 Å². The molecule has 0 aromatic carbocycles. The van der Waals surface area contributed by atoms with Crippen LogP contribution in [0.3, 0.4) is 0 Å². The summed E-state index contributed by atoms with van der Waals surface area (Å²) in [7, 11) is -2.99. The highest BCUT2D eigenvalue weighted by Crippen LogP contribution is 2.18. The number of halogens is 1. The average molecular weight is 243 g/mol. The Morgan fingerprint density at radius 2 is 2.14 bits per heavy atom. The van der Waals surface area contributed by atoms with Gasteiger partial charge in [-0.3, -0.25) is 0 Å². The SMILES string of the molecule is CCS(=O)(=O)N1CCCC(CN)C1.Cl. The van der Waals surface area contributed by atoms with Crippen LogP contribution in [0.4, 0.5) is 0 Å². The fourth-order valence-electron chi connectivity index (χ4n) is 1.65. The molecule has 0 bridgehead atoms. The second-order valence-electron chi connectivity index (χ2n) is 3.50. The number of rotatable bonds is 3. The fraction of sp³-hybridized carbons (Fsp3) is 1.00. The van der Waals surface area contributed by atoms with Crippen molar-refractivity contribution in [2.75, 3.05) is 25.4 Å². The lowest BCUT2D eigenvalue weighted by molar-refractivity contribution is 0.272. The Bertz CT molecular complexity index is 256. The van der Waals surface area contributed by atoms with Crippen molar-refractivity contribution in [2.24, 2.45) is 11.7 Å². The summed E-state index contributed by atoms with van der Waals surface area (Å²) >= 11 is 0. The van der Waals surface area contributed by atoms with Gasteiger partial charge in [-0.05, 0) is 32.2 Å². The minimum Gasteiger partial charge on any atom is -0.330 e. The van der Waals surface area contributed by atoms with Crippen LogP contribution in [0.1, 0.15) is 19.8 Å². The highest BCUT2D eigenvalue weighted by atomic mass is 35.5. The first-order valence-corrected chi connectivity index (χ1v) is 6.39. The molecule has 86 valence electrons. The summed E-state index contributed by atoms with van der Waals surface area (Å²) in [5, 5.41) is 0. The van der Waals surface area contributed by atoms with E-state index in [1.807, 2.05) is 0 Å². The molecule has 2 N–H and O–H groups in total. The zero-order chi connectivity index (χ0) is 9.90. The number of hydrogen-bond acceptors (Lipinski definition) is 3. The van der Waals surface area contributed by atoms with Crippen LogP contribution >= 0.6 is 12.4 Å². The van der Waals surface area contributed by atoms with E-state index in [-0.39, 0.29) is 18.2 Å². The smallest absolute Gasteiger partial charge is 0.213 e. The standard InChI is InChI=1S/C8H18N2O2S.ClH/c1-2-13(11,12)10-5-3-4-8(6-9)7-10;/h8H,2-7,9H2,1H3;1H. The van der Waals surface area contributed by atoms with E-state index in [0.717, 1.165) is 12.8 Å². The first-order chi connectivity index (χ1) is 6.10. The molecule has 0 aromatic rings. The van der Waals surface area contributed by atoms with Gasteiger partial charge in [0.25, 0.3) is 0 Å². The molecule has 4 nitrogen and oxygen atoms in total. The highest BCUT2D eigenvalue weighted by Gasteiger charge is 2.26. The first kappa shape index (κ1) is 14.2. The van der Waals surface area contributed by atoms with Crippen LogP contribution in [0.5, 0.6) is 0 Å².